The Labute approximate surface area is 204 Å². The minimum absolute atomic E-state index is 0.134. The van der Waals surface area contributed by atoms with Crippen molar-refractivity contribution < 1.29 is 14.0 Å². The second kappa shape index (κ2) is 8.42. The zero-order chi connectivity index (χ0) is 24.1. The summed E-state index contributed by atoms with van der Waals surface area (Å²) >= 11 is 1.17. The summed E-state index contributed by atoms with van der Waals surface area (Å²) in [5, 5.41) is 4.06. The van der Waals surface area contributed by atoms with Gasteiger partial charge in [-0.25, -0.2) is 9.37 Å². The van der Waals surface area contributed by atoms with Crippen LogP contribution >= 0.6 is 11.3 Å². The van der Waals surface area contributed by atoms with Crippen LogP contribution in [0.15, 0.2) is 60.8 Å². The average molecular weight is 488 g/mol. The van der Waals surface area contributed by atoms with Crippen molar-refractivity contribution in [2.24, 2.45) is 5.92 Å². The summed E-state index contributed by atoms with van der Waals surface area (Å²) in [4.78, 5) is 37.7. The molecule has 0 spiro atoms. The fourth-order valence-electron chi connectivity index (χ4n) is 5.09. The highest BCUT2D eigenvalue weighted by atomic mass is 32.1. The molecule has 1 saturated heterocycles. The van der Waals surface area contributed by atoms with Gasteiger partial charge in [-0.3, -0.25) is 14.6 Å². The van der Waals surface area contributed by atoms with Crippen molar-refractivity contribution in [3.8, 4) is 10.4 Å². The number of benzene rings is 2. The minimum Gasteiger partial charge on any atom is -0.375 e. The van der Waals surface area contributed by atoms with Crippen molar-refractivity contribution in [3.05, 3.63) is 77.9 Å². The Balaban J connectivity index is 1.23. The second-order valence-electron chi connectivity index (χ2n) is 8.99. The maximum Gasteiger partial charge on any atom is 0.274 e. The number of carbonyl (C=O) groups is 2. The van der Waals surface area contributed by atoms with E-state index in [1.54, 1.807) is 24.4 Å². The Kier molecular flexibility index (Phi) is 5.21. The SMILES string of the molecule is Nc1nc(C(=O)N2[C@H](CNC(=O)c3ccnc4ccccc34)C[C@@H]3C[C@@H]32)c(-c2cccc(F)c2)s1. The Morgan fingerprint density at radius 2 is 2.00 bits per heavy atom. The predicted octanol–water partition coefficient (Wildman–Crippen LogP) is 4.11. The van der Waals surface area contributed by atoms with E-state index in [0.29, 0.717) is 28.5 Å². The molecule has 3 heterocycles. The number of pyridine rings is 1. The minimum atomic E-state index is -0.388. The number of nitrogens with zero attached hydrogens (tertiary/aromatic N) is 3. The van der Waals surface area contributed by atoms with Crippen LogP contribution in [0.2, 0.25) is 0 Å². The molecule has 1 aliphatic heterocycles. The number of nitrogens with two attached hydrogens (primary N) is 1. The maximum absolute atomic E-state index is 13.9. The summed E-state index contributed by atoms with van der Waals surface area (Å²) in [6, 6.07) is 15.3. The Morgan fingerprint density at radius 3 is 2.86 bits per heavy atom. The Hall–Kier alpha value is -3.85. The van der Waals surface area contributed by atoms with Gasteiger partial charge in [-0.2, -0.15) is 0 Å². The monoisotopic (exact) mass is 487 g/mol. The summed E-state index contributed by atoms with van der Waals surface area (Å²) in [7, 11) is 0. The molecule has 6 rings (SSSR count). The summed E-state index contributed by atoms with van der Waals surface area (Å²) in [5.41, 5.74) is 8.08. The molecule has 9 heteroatoms. The van der Waals surface area contributed by atoms with Crippen molar-refractivity contribution in [3.63, 3.8) is 0 Å². The molecule has 2 aliphatic rings. The molecule has 1 aliphatic carbocycles. The number of hydrogen-bond acceptors (Lipinski definition) is 6. The van der Waals surface area contributed by atoms with Crippen LogP contribution in [0.1, 0.15) is 33.7 Å². The topological polar surface area (TPSA) is 101 Å². The number of nitrogens with one attached hydrogen (secondary N) is 1. The highest BCUT2D eigenvalue weighted by Crippen LogP contribution is 2.49. The van der Waals surface area contributed by atoms with E-state index in [2.05, 4.69) is 15.3 Å². The molecule has 1 saturated carbocycles. The van der Waals surface area contributed by atoms with Crippen molar-refractivity contribution in [1.29, 1.82) is 0 Å². The molecule has 4 aromatic rings. The van der Waals surface area contributed by atoms with Gasteiger partial charge >= 0.3 is 0 Å². The van der Waals surface area contributed by atoms with Gasteiger partial charge in [0, 0.05) is 24.2 Å². The Morgan fingerprint density at radius 1 is 1.14 bits per heavy atom. The molecule has 3 atom stereocenters. The van der Waals surface area contributed by atoms with Crippen LogP contribution in [0, 0.1) is 11.7 Å². The van der Waals surface area contributed by atoms with E-state index < -0.39 is 0 Å². The predicted molar refractivity (Wildman–Crippen MR) is 132 cm³/mol. The molecule has 2 aromatic heterocycles. The van der Waals surface area contributed by atoms with Crippen molar-refractivity contribution in [2.75, 3.05) is 12.3 Å². The number of hydrogen-bond donors (Lipinski definition) is 2. The number of fused-ring (bicyclic) bond motifs is 2. The van der Waals surface area contributed by atoms with Gasteiger partial charge in [0.15, 0.2) is 5.13 Å². The molecule has 2 aromatic carbocycles. The fraction of sp³-hybridized carbons (Fsp3) is 0.231. The molecule has 3 N–H and O–H groups in total. The molecule has 176 valence electrons. The van der Waals surface area contributed by atoms with E-state index in [1.807, 2.05) is 29.2 Å². The van der Waals surface area contributed by atoms with Gasteiger partial charge in [-0.1, -0.05) is 41.7 Å². The number of anilines is 1. The van der Waals surface area contributed by atoms with Crippen LogP contribution < -0.4 is 11.1 Å². The van der Waals surface area contributed by atoms with Gasteiger partial charge in [-0.05, 0) is 48.6 Å². The largest absolute Gasteiger partial charge is 0.375 e. The van der Waals surface area contributed by atoms with E-state index in [1.165, 1.54) is 23.5 Å². The van der Waals surface area contributed by atoms with Gasteiger partial charge in [0.2, 0.25) is 0 Å². The van der Waals surface area contributed by atoms with Crippen molar-refractivity contribution in [1.82, 2.24) is 20.2 Å². The normalized spacial score (nSPS) is 20.6. The van der Waals surface area contributed by atoms with E-state index in [0.717, 1.165) is 23.7 Å². The van der Waals surface area contributed by atoms with Gasteiger partial charge in [0.1, 0.15) is 11.5 Å². The molecular formula is C26H22FN5O2S. The van der Waals surface area contributed by atoms with Crippen LogP contribution in [0.25, 0.3) is 21.3 Å². The smallest absolute Gasteiger partial charge is 0.274 e. The third kappa shape index (κ3) is 3.91. The zero-order valence-electron chi connectivity index (χ0n) is 18.6. The van der Waals surface area contributed by atoms with Gasteiger partial charge < -0.3 is 16.0 Å². The second-order valence-corrected chi connectivity index (χ2v) is 10.0. The van der Waals surface area contributed by atoms with E-state index in [-0.39, 0.29) is 40.5 Å². The first-order valence-corrected chi connectivity index (χ1v) is 12.3. The van der Waals surface area contributed by atoms with E-state index in [4.69, 9.17) is 5.73 Å². The van der Waals surface area contributed by atoms with Crippen LogP contribution in [-0.2, 0) is 0 Å². The van der Waals surface area contributed by atoms with Gasteiger partial charge in [0.05, 0.1) is 22.0 Å². The van der Waals surface area contributed by atoms with Gasteiger partial charge in [-0.15, -0.1) is 0 Å². The standard InChI is InChI=1S/C26H22FN5O2S/c27-16-5-3-4-14(10-16)23-22(31-26(28)35-23)25(34)32-17(11-15-12-21(15)32)13-30-24(33)19-8-9-29-20-7-2-1-6-18(19)20/h1-10,15,17,21H,11-13H2,(H2,28,31)(H,30,33)/t15-,17+,21+/m1/s1. The zero-order valence-corrected chi connectivity index (χ0v) is 19.5. The van der Waals surface area contributed by atoms with Crippen LogP contribution in [0.3, 0.4) is 0 Å². The molecule has 0 unspecified atom stereocenters. The van der Waals surface area contributed by atoms with Crippen molar-refractivity contribution >= 4 is 39.2 Å². The number of rotatable bonds is 5. The fourth-order valence-corrected chi connectivity index (χ4v) is 5.91. The molecule has 2 fully saturated rings. The maximum atomic E-state index is 13.9. The molecule has 35 heavy (non-hydrogen) atoms. The third-order valence-electron chi connectivity index (χ3n) is 6.77. The molecule has 7 nitrogen and oxygen atoms in total. The lowest BCUT2D eigenvalue weighted by molar-refractivity contribution is 0.0685. The average Bonchev–Trinajstić information content (AvgIpc) is 3.35. The summed E-state index contributed by atoms with van der Waals surface area (Å²) in [6.07, 6.45) is 3.39. The number of piperidine rings is 1. The van der Waals surface area contributed by atoms with Crippen molar-refractivity contribution in [2.45, 2.75) is 24.9 Å². The number of carbonyl (C=O) groups excluding carboxylic acids is 2. The first-order chi connectivity index (χ1) is 17.0. The Bertz CT molecular complexity index is 1470. The number of nitrogen functional groups attached to an aromatic ring is 1. The summed E-state index contributed by atoms with van der Waals surface area (Å²) in [6.45, 7) is 0.336. The number of aromatic nitrogens is 2. The number of para-hydroxylation sites is 1. The number of likely N-dealkylation sites (tertiary alicyclic amines) is 1. The van der Waals surface area contributed by atoms with E-state index >= 15 is 0 Å². The highest BCUT2D eigenvalue weighted by Gasteiger charge is 2.54. The third-order valence-corrected chi connectivity index (χ3v) is 7.70. The number of halogens is 1. The quantitative estimate of drug-likeness (QED) is 0.441. The highest BCUT2D eigenvalue weighted by molar-refractivity contribution is 7.19. The number of amides is 2. The first-order valence-electron chi connectivity index (χ1n) is 11.5. The lowest BCUT2D eigenvalue weighted by atomic mass is 10.1. The molecule has 2 amide bonds. The van der Waals surface area contributed by atoms with Crippen LogP contribution in [0.5, 0.6) is 0 Å². The molecule has 0 bridgehead atoms. The summed E-state index contributed by atoms with van der Waals surface area (Å²) < 4.78 is 13.9. The number of thiazole rings is 1. The lowest BCUT2D eigenvalue weighted by Crippen LogP contribution is -2.45. The molecule has 0 radical (unpaired) electrons. The van der Waals surface area contributed by atoms with Crippen LogP contribution in [0.4, 0.5) is 9.52 Å². The first kappa shape index (κ1) is 21.7. The van der Waals surface area contributed by atoms with Gasteiger partial charge in [0.25, 0.3) is 11.8 Å². The molecular weight excluding hydrogens is 465 g/mol. The van der Waals surface area contributed by atoms with Crippen LogP contribution in [-0.4, -0.2) is 45.3 Å². The van der Waals surface area contributed by atoms with E-state index in [9.17, 15) is 14.0 Å². The summed E-state index contributed by atoms with van der Waals surface area (Å²) in [5.74, 6) is -0.387. The lowest BCUT2D eigenvalue weighted by Gasteiger charge is -2.27.